The summed E-state index contributed by atoms with van der Waals surface area (Å²) in [6.45, 7) is 8.70. The number of hydrogen-bond acceptors (Lipinski definition) is 5. The average molecular weight is 500 g/mol. The molecule has 2 aliphatic heterocycles. The van der Waals surface area contributed by atoms with Crippen molar-refractivity contribution < 1.29 is 19.4 Å². The first-order valence-corrected chi connectivity index (χ1v) is 12.9. The van der Waals surface area contributed by atoms with Crippen LogP contribution in [0.1, 0.15) is 67.1 Å². The number of hydrogen-bond donors (Lipinski definition) is 2. The van der Waals surface area contributed by atoms with Crippen LogP contribution in [0.5, 0.6) is 0 Å². The van der Waals surface area contributed by atoms with Crippen molar-refractivity contribution in [1.29, 1.82) is 0 Å². The molecule has 2 aromatic carbocycles. The van der Waals surface area contributed by atoms with E-state index in [1.807, 2.05) is 45.0 Å². The lowest BCUT2D eigenvalue weighted by molar-refractivity contribution is 0.0547. The number of rotatable bonds is 3. The Morgan fingerprint density at radius 3 is 2.62 bits per heavy atom. The highest BCUT2D eigenvalue weighted by Crippen LogP contribution is 2.36. The van der Waals surface area contributed by atoms with Gasteiger partial charge in [-0.1, -0.05) is 30.4 Å². The van der Waals surface area contributed by atoms with Gasteiger partial charge < -0.3 is 15.2 Å². The summed E-state index contributed by atoms with van der Waals surface area (Å²) in [6.07, 6.45) is 3.26. The van der Waals surface area contributed by atoms with Crippen LogP contribution in [0.25, 0.3) is 22.2 Å². The SMILES string of the molecule is CC(C)(C)OC(=O)n1c(-c2ccc(C#CCO)c3c2C(=O)NC3)cc2cc(CN3CCCCC3)ccc21. The maximum atomic E-state index is 13.5. The van der Waals surface area contributed by atoms with Gasteiger partial charge in [0.15, 0.2) is 0 Å². The van der Waals surface area contributed by atoms with Crippen LogP contribution in [0.3, 0.4) is 0 Å². The van der Waals surface area contributed by atoms with Gasteiger partial charge in [-0.2, -0.15) is 0 Å². The molecule has 0 bridgehead atoms. The second kappa shape index (κ2) is 10.0. The van der Waals surface area contributed by atoms with E-state index < -0.39 is 11.7 Å². The predicted molar refractivity (Wildman–Crippen MR) is 143 cm³/mol. The first kappa shape index (κ1) is 25.1. The van der Waals surface area contributed by atoms with Crippen LogP contribution < -0.4 is 5.32 Å². The quantitative estimate of drug-likeness (QED) is 0.512. The molecule has 0 spiro atoms. The molecular formula is C30H33N3O4. The average Bonchev–Trinajstić information content (AvgIpc) is 3.43. The number of carbonyl (C=O) groups is 2. The Kier molecular flexibility index (Phi) is 6.80. The molecule has 5 rings (SSSR count). The van der Waals surface area contributed by atoms with E-state index in [0.717, 1.165) is 36.1 Å². The molecule has 1 amide bonds. The minimum Gasteiger partial charge on any atom is -0.443 e. The van der Waals surface area contributed by atoms with Gasteiger partial charge in [0.05, 0.1) is 16.8 Å². The van der Waals surface area contributed by atoms with E-state index >= 15 is 0 Å². The van der Waals surface area contributed by atoms with Crippen molar-refractivity contribution in [1.82, 2.24) is 14.8 Å². The summed E-state index contributed by atoms with van der Waals surface area (Å²) < 4.78 is 7.37. The van der Waals surface area contributed by atoms with Gasteiger partial charge in [-0.25, -0.2) is 9.36 Å². The summed E-state index contributed by atoms with van der Waals surface area (Å²) >= 11 is 0. The molecule has 37 heavy (non-hydrogen) atoms. The highest BCUT2D eigenvalue weighted by Gasteiger charge is 2.30. The number of aliphatic hydroxyl groups excluding tert-OH is 1. The molecule has 3 heterocycles. The van der Waals surface area contributed by atoms with E-state index in [1.54, 1.807) is 4.57 Å². The van der Waals surface area contributed by atoms with Crippen molar-refractivity contribution in [2.75, 3.05) is 19.7 Å². The molecule has 0 saturated carbocycles. The molecule has 3 aromatic rings. The summed E-state index contributed by atoms with van der Waals surface area (Å²) in [5, 5.41) is 13.0. The number of ether oxygens (including phenoxy) is 1. The van der Waals surface area contributed by atoms with E-state index in [1.165, 1.54) is 24.8 Å². The number of benzene rings is 2. The van der Waals surface area contributed by atoms with Crippen LogP contribution in [-0.2, 0) is 17.8 Å². The number of aliphatic hydroxyl groups is 1. The molecule has 0 atom stereocenters. The van der Waals surface area contributed by atoms with Crippen molar-refractivity contribution in [2.45, 2.75) is 58.7 Å². The molecule has 0 aliphatic carbocycles. The van der Waals surface area contributed by atoms with Crippen molar-refractivity contribution in [3.63, 3.8) is 0 Å². The molecule has 2 N–H and O–H groups in total. The molecule has 2 aliphatic rings. The lowest BCUT2D eigenvalue weighted by Gasteiger charge is -2.26. The van der Waals surface area contributed by atoms with Gasteiger partial charge in [0.2, 0.25) is 0 Å². The van der Waals surface area contributed by atoms with Gasteiger partial charge in [-0.15, -0.1) is 0 Å². The monoisotopic (exact) mass is 499 g/mol. The van der Waals surface area contributed by atoms with Crippen LogP contribution in [-0.4, -0.2) is 51.9 Å². The van der Waals surface area contributed by atoms with Crippen molar-refractivity contribution >= 4 is 22.9 Å². The smallest absolute Gasteiger partial charge is 0.419 e. The molecule has 0 unspecified atom stereocenters. The van der Waals surface area contributed by atoms with E-state index in [-0.39, 0.29) is 12.5 Å². The highest BCUT2D eigenvalue weighted by atomic mass is 16.6. The largest absolute Gasteiger partial charge is 0.443 e. The molecule has 192 valence electrons. The maximum Gasteiger partial charge on any atom is 0.419 e. The predicted octanol–water partition coefficient (Wildman–Crippen LogP) is 4.66. The number of aromatic nitrogens is 1. The summed E-state index contributed by atoms with van der Waals surface area (Å²) in [6, 6.07) is 11.8. The standard InChI is InChI=1S/C30H33N3O4/c1-30(2,3)37-29(36)33-25-12-9-20(19-32-13-5-4-6-14-32)16-22(25)17-26(33)23-11-10-21(8-7-15-34)24-18-31-28(35)27(23)24/h9-12,16-17,34H,4-6,13-15,18-19H2,1-3H3,(H,31,35). The molecule has 7 heteroatoms. The number of likely N-dealkylation sites (tertiary alicyclic amines) is 1. The van der Waals surface area contributed by atoms with Crippen LogP contribution in [0.4, 0.5) is 4.79 Å². The van der Waals surface area contributed by atoms with Crippen molar-refractivity contribution in [3.05, 3.63) is 58.7 Å². The fraction of sp³-hybridized carbons (Fsp3) is 0.400. The molecule has 1 saturated heterocycles. The molecule has 1 fully saturated rings. The Morgan fingerprint density at radius 2 is 1.89 bits per heavy atom. The molecule has 1 aromatic heterocycles. The lowest BCUT2D eigenvalue weighted by Crippen LogP contribution is -2.29. The highest BCUT2D eigenvalue weighted by molar-refractivity contribution is 6.07. The second-order valence-electron chi connectivity index (χ2n) is 10.7. The summed E-state index contributed by atoms with van der Waals surface area (Å²) in [5.74, 6) is 5.40. The van der Waals surface area contributed by atoms with Crippen LogP contribution in [0.15, 0.2) is 36.4 Å². The minimum atomic E-state index is -0.678. The van der Waals surface area contributed by atoms with E-state index in [2.05, 4.69) is 34.2 Å². The fourth-order valence-electron chi connectivity index (χ4n) is 5.25. The Hall–Kier alpha value is -3.60. The van der Waals surface area contributed by atoms with Gasteiger partial charge in [-0.3, -0.25) is 9.69 Å². The van der Waals surface area contributed by atoms with Gasteiger partial charge >= 0.3 is 6.09 Å². The van der Waals surface area contributed by atoms with Gasteiger partial charge in [0, 0.05) is 35.2 Å². The van der Waals surface area contributed by atoms with E-state index in [4.69, 9.17) is 9.84 Å². The number of piperidine rings is 1. The lowest BCUT2D eigenvalue weighted by atomic mass is 9.96. The zero-order valence-corrected chi connectivity index (χ0v) is 21.7. The van der Waals surface area contributed by atoms with Crippen LogP contribution in [0, 0.1) is 11.8 Å². The maximum absolute atomic E-state index is 13.5. The Balaban J connectivity index is 1.65. The van der Waals surface area contributed by atoms with E-state index in [0.29, 0.717) is 28.9 Å². The van der Waals surface area contributed by atoms with Gasteiger partial charge in [-0.05, 0) is 76.5 Å². The molecule has 0 radical (unpaired) electrons. The number of amides is 1. The topological polar surface area (TPSA) is 83.8 Å². The Morgan fingerprint density at radius 1 is 1.11 bits per heavy atom. The third kappa shape index (κ3) is 5.13. The number of carbonyl (C=O) groups excluding carboxylic acids is 2. The second-order valence-corrected chi connectivity index (χ2v) is 10.7. The number of nitrogens with one attached hydrogen (secondary N) is 1. The normalized spacial score (nSPS) is 15.7. The minimum absolute atomic E-state index is 0.204. The zero-order chi connectivity index (χ0) is 26.2. The third-order valence-electron chi connectivity index (χ3n) is 6.84. The molecule has 7 nitrogen and oxygen atoms in total. The van der Waals surface area contributed by atoms with Crippen molar-refractivity contribution in [2.24, 2.45) is 0 Å². The van der Waals surface area contributed by atoms with Crippen molar-refractivity contribution in [3.8, 4) is 23.1 Å². The first-order chi connectivity index (χ1) is 17.7. The zero-order valence-electron chi connectivity index (χ0n) is 21.7. The number of nitrogens with zero attached hydrogens (tertiary/aromatic N) is 2. The van der Waals surface area contributed by atoms with Crippen LogP contribution in [0.2, 0.25) is 0 Å². The third-order valence-corrected chi connectivity index (χ3v) is 6.84. The first-order valence-electron chi connectivity index (χ1n) is 12.9. The Labute approximate surface area is 217 Å². The Bertz CT molecular complexity index is 1430. The summed E-state index contributed by atoms with van der Waals surface area (Å²) in [5.41, 5.74) is 4.48. The summed E-state index contributed by atoms with van der Waals surface area (Å²) in [4.78, 5) is 28.9. The van der Waals surface area contributed by atoms with Crippen LogP contribution >= 0.6 is 0 Å². The van der Waals surface area contributed by atoms with Gasteiger partial charge in [0.1, 0.15) is 12.2 Å². The molecular weight excluding hydrogens is 466 g/mol. The summed E-state index contributed by atoms with van der Waals surface area (Å²) in [7, 11) is 0. The number of fused-ring (bicyclic) bond motifs is 2. The van der Waals surface area contributed by atoms with Gasteiger partial charge in [0.25, 0.3) is 5.91 Å². The fourth-order valence-corrected chi connectivity index (χ4v) is 5.25. The van der Waals surface area contributed by atoms with E-state index in [9.17, 15) is 9.59 Å².